The van der Waals surface area contributed by atoms with E-state index in [2.05, 4.69) is 27.7 Å². The maximum atomic E-state index is 5.89. The molecule has 0 fully saturated rings. The summed E-state index contributed by atoms with van der Waals surface area (Å²) in [6.45, 7) is 10.4. The Morgan fingerprint density at radius 1 is 1.38 bits per heavy atom. The van der Waals surface area contributed by atoms with Crippen molar-refractivity contribution in [3.63, 3.8) is 0 Å². The van der Waals surface area contributed by atoms with Crippen molar-refractivity contribution in [2.45, 2.75) is 40.5 Å². The molecule has 0 aliphatic carbocycles. The van der Waals surface area contributed by atoms with Crippen molar-refractivity contribution in [3.8, 4) is 0 Å². The lowest BCUT2D eigenvalue weighted by atomic mass is 9.87. The lowest BCUT2D eigenvalue weighted by molar-refractivity contribution is 0.0845. The highest BCUT2D eigenvalue weighted by atomic mass is 35.5. The Hall–Kier alpha value is 0.250. The molecule has 0 heterocycles. The molecular weight excluding hydrogens is 184 g/mol. The van der Waals surface area contributed by atoms with Gasteiger partial charge in [-0.1, -0.05) is 27.7 Å². The van der Waals surface area contributed by atoms with E-state index in [4.69, 9.17) is 16.3 Å². The van der Waals surface area contributed by atoms with Crippen LogP contribution in [-0.4, -0.2) is 19.1 Å². The fraction of sp³-hybridized carbons (Fsp3) is 1.00. The third-order valence-corrected chi connectivity index (χ3v) is 3.12. The largest absolute Gasteiger partial charge is 0.381 e. The summed E-state index contributed by atoms with van der Waals surface area (Å²) in [5.74, 6) is 1.36. The Labute approximate surface area is 87.8 Å². The molecule has 0 amide bonds. The third-order valence-electron chi connectivity index (χ3n) is 2.48. The lowest BCUT2D eigenvalue weighted by Gasteiger charge is -2.25. The molecule has 0 aliphatic heterocycles. The van der Waals surface area contributed by atoms with E-state index in [0.717, 1.165) is 31.9 Å². The first-order valence-electron chi connectivity index (χ1n) is 5.18. The predicted molar refractivity (Wildman–Crippen MR) is 59.4 cm³/mol. The third kappa shape index (κ3) is 6.34. The van der Waals surface area contributed by atoms with Crippen LogP contribution in [-0.2, 0) is 4.74 Å². The zero-order valence-corrected chi connectivity index (χ0v) is 10.2. The Morgan fingerprint density at radius 3 is 2.38 bits per heavy atom. The normalized spacial score (nSPS) is 16.2. The second kappa shape index (κ2) is 6.67. The standard InChI is InChI=1S/C11H23ClO/c1-5-11(4,9-12)6-7-13-8-10(2)3/h10H,5-9H2,1-4H3. The van der Waals surface area contributed by atoms with Gasteiger partial charge in [-0.3, -0.25) is 0 Å². The van der Waals surface area contributed by atoms with E-state index in [1.165, 1.54) is 0 Å². The van der Waals surface area contributed by atoms with E-state index >= 15 is 0 Å². The zero-order chi connectivity index (χ0) is 10.3. The number of hydrogen-bond donors (Lipinski definition) is 0. The van der Waals surface area contributed by atoms with Gasteiger partial charge in [0.05, 0.1) is 0 Å². The average molecular weight is 207 g/mol. The summed E-state index contributed by atoms with van der Waals surface area (Å²) >= 11 is 5.89. The highest BCUT2D eigenvalue weighted by Crippen LogP contribution is 2.26. The molecule has 0 spiro atoms. The van der Waals surface area contributed by atoms with Gasteiger partial charge in [0.15, 0.2) is 0 Å². The summed E-state index contributed by atoms with van der Waals surface area (Å²) in [6.07, 6.45) is 2.20. The molecule has 0 aromatic rings. The van der Waals surface area contributed by atoms with Crippen molar-refractivity contribution in [1.29, 1.82) is 0 Å². The molecule has 1 unspecified atom stereocenters. The Morgan fingerprint density at radius 2 is 2.00 bits per heavy atom. The first-order chi connectivity index (χ1) is 6.04. The first kappa shape index (κ1) is 13.2. The van der Waals surface area contributed by atoms with E-state index in [9.17, 15) is 0 Å². The van der Waals surface area contributed by atoms with Gasteiger partial charge in [-0.15, -0.1) is 11.6 Å². The maximum Gasteiger partial charge on any atom is 0.0488 e. The van der Waals surface area contributed by atoms with Gasteiger partial charge in [0, 0.05) is 19.1 Å². The van der Waals surface area contributed by atoms with Crippen molar-refractivity contribution in [1.82, 2.24) is 0 Å². The summed E-state index contributed by atoms with van der Waals surface area (Å²) < 4.78 is 5.54. The second-order valence-corrected chi connectivity index (χ2v) is 4.78. The number of hydrogen-bond acceptors (Lipinski definition) is 1. The quantitative estimate of drug-likeness (QED) is 0.456. The fourth-order valence-corrected chi connectivity index (χ4v) is 1.30. The summed E-state index contributed by atoms with van der Waals surface area (Å²) in [6, 6.07) is 0. The van der Waals surface area contributed by atoms with Crippen LogP contribution in [0.5, 0.6) is 0 Å². The summed E-state index contributed by atoms with van der Waals surface area (Å²) in [5, 5.41) is 0. The van der Waals surface area contributed by atoms with E-state index in [0.29, 0.717) is 5.92 Å². The van der Waals surface area contributed by atoms with Gasteiger partial charge in [0.1, 0.15) is 0 Å². The smallest absolute Gasteiger partial charge is 0.0488 e. The first-order valence-corrected chi connectivity index (χ1v) is 5.71. The van der Waals surface area contributed by atoms with Crippen LogP contribution in [0.4, 0.5) is 0 Å². The fourth-order valence-electron chi connectivity index (χ4n) is 0.976. The van der Waals surface area contributed by atoms with Crippen LogP contribution < -0.4 is 0 Å². The molecule has 0 aromatic heterocycles. The molecule has 0 aliphatic rings. The molecule has 1 nitrogen and oxygen atoms in total. The van der Waals surface area contributed by atoms with Crippen LogP contribution in [0.15, 0.2) is 0 Å². The summed E-state index contributed by atoms with van der Waals surface area (Å²) in [5.41, 5.74) is 0.262. The van der Waals surface area contributed by atoms with E-state index in [-0.39, 0.29) is 5.41 Å². The molecule has 0 bridgehead atoms. The SMILES string of the molecule is CCC(C)(CCl)CCOCC(C)C. The Kier molecular flexibility index (Phi) is 6.79. The monoisotopic (exact) mass is 206 g/mol. The van der Waals surface area contributed by atoms with Crippen molar-refractivity contribution < 1.29 is 4.74 Å². The van der Waals surface area contributed by atoms with Crippen molar-refractivity contribution in [3.05, 3.63) is 0 Å². The van der Waals surface area contributed by atoms with Crippen molar-refractivity contribution >= 4 is 11.6 Å². The van der Waals surface area contributed by atoms with Gasteiger partial charge < -0.3 is 4.74 Å². The van der Waals surface area contributed by atoms with Gasteiger partial charge in [-0.2, -0.15) is 0 Å². The van der Waals surface area contributed by atoms with E-state index in [1.54, 1.807) is 0 Å². The molecular formula is C11H23ClO. The molecule has 0 radical (unpaired) electrons. The van der Waals surface area contributed by atoms with Crippen molar-refractivity contribution in [2.24, 2.45) is 11.3 Å². The van der Waals surface area contributed by atoms with Crippen LogP contribution in [0.2, 0.25) is 0 Å². The number of halogens is 1. The van der Waals surface area contributed by atoms with Gasteiger partial charge in [-0.25, -0.2) is 0 Å². The Bertz CT molecular complexity index is 119. The molecule has 13 heavy (non-hydrogen) atoms. The maximum absolute atomic E-state index is 5.89. The molecule has 1 atom stereocenters. The predicted octanol–water partition coefficient (Wildman–Crippen LogP) is 3.70. The van der Waals surface area contributed by atoms with E-state index in [1.807, 2.05) is 0 Å². The molecule has 0 saturated carbocycles. The van der Waals surface area contributed by atoms with Crippen molar-refractivity contribution in [2.75, 3.05) is 19.1 Å². The topological polar surface area (TPSA) is 9.23 Å². The molecule has 0 aromatic carbocycles. The lowest BCUT2D eigenvalue weighted by Crippen LogP contribution is -2.20. The highest BCUT2D eigenvalue weighted by molar-refractivity contribution is 6.18. The summed E-state index contributed by atoms with van der Waals surface area (Å²) in [4.78, 5) is 0. The minimum absolute atomic E-state index is 0.262. The summed E-state index contributed by atoms with van der Waals surface area (Å²) in [7, 11) is 0. The number of ether oxygens (including phenoxy) is 1. The minimum Gasteiger partial charge on any atom is -0.381 e. The Balaban J connectivity index is 3.50. The molecule has 0 N–H and O–H groups in total. The van der Waals surface area contributed by atoms with Crippen LogP contribution in [0.25, 0.3) is 0 Å². The van der Waals surface area contributed by atoms with Gasteiger partial charge >= 0.3 is 0 Å². The van der Waals surface area contributed by atoms with Crippen LogP contribution in [0, 0.1) is 11.3 Å². The van der Waals surface area contributed by atoms with E-state index < -0.39 is 0 Å². The van der Waals surface area contributed by atoms with Crippen LogP contribution in [0.3, 0.4) is 0 Å². The van der Waals surface area contributed by atoms with Gasteiger partial charge in [0.2, 0.25) is 0 Å². The number of rotatable bonds is 7. The average Bonchev–Trinajstić information content (AvgIpc) is 2.12. The highest BCUT2D eigenvalue weighted by Gasteiger charge is 2.20. The molecule has 0 saturated heterocycles. The van der Waals surface area contributed by atoms with Crippen LogP contribution in [0.1, 0.15) is 40.5 Å². The minimum atomic E-state index is 0.262. The molecule has 2 heteroatoms. The zero-order valence-electron chi connectivity index (χ0n) is 9.40. The van der Waals surface area contributed by atoms with Crippen LogP contribution >= 0.6 is 11.6 Å². The van der Waals surface area contributed by atoms with Gasteiger partial charge in [0.25, 0.3) is 0 Å². The second-order valence-electron chi connectivity index (χ2n) is 4.52. The molecule has 80 valence electrons. The van der Waals surface area contributed by atoms with Gasteiger partial charge in [-0.05, 0) is 24.2 Å². The molecule has 0 rings (SSSR count). The number of alkyl halides is 1.